The molecule has 1 aromatic heterocycles. The predicted molar refractivity (Wildman–Crippen MR) is 280 cm³/mol. The van der Waals surface area contributed by atoms with E-state index >= 15 is 0 Å². The molecule has 1 heterocycles. The maximum atomic E-state index is 5.05. The normalized spacial score (nSPS) is 11.0. The first-order valence-corrected chi connectivity index (χ1v) is 22.7. The number of anilines is 3. The van der Waals surface area contributed by atoms with E-state index in [0.717, 1.165) is 56.3 Å². The van der Waals surface area contributed by atoms with Crippen LogP contribution in [0.2, 0.25) is 0 Å². The van der Waals surface area contributed by atoms with Crippen LogP contribution in [0.5, 0.6) is 0 Å². The molecule has 0 saturated heterocycles. The number of rotatable bonds is 11. The smallest absolute Gasteiger partial charge is 0.160 e. The highest BCUT2D eigenvalue weighted by Crippen LogP contribution is 2.39. The van der Waals surface area contributed by atoms with E-state index in [1.807, 2.05) is 36.4 Å². The average molecular weight is 856 g/mol. The van der Waals surface area contributed by atoms with Gasteiger partial charge in [-0.3, -0.25) is 0 Å². The van der Waals surface area contributed by atoms with Crippen molar-refractivity contribution in [3.05, 3.63) is 273 Å². The van der Waals surface area contributed by atoms with Crippen LogP contribution in [0.15, 0.2) is 273 Å². The minimum absolute atomic E-state index is 0.708. The monoisotopic (exact) mass is 855 g/mol. The van der Waals surface area contributed by atoms with Gasteiger partial charge in [-0.2, -0.15) is 0 Å². The van der Waals surface area contributed by atoms with Gasteiger partial charge >= 0.3 is 0 Å². The van der Waals surface area contributed by atoms with E-state index in [2.05, 4.69) is 241 Å². The minimum atomic E-state index is 0.708. The summed E-state index contributed by atoms with van der Waals surface area (Å²) >= 11 is 0. The summed E-state index contributed by atoms with van der Waals surface area (Å²) in [5.74, 6) is 0.708. The second-order valence-electron chi connectivity index (χ2n) is 16.6. The number of aromatic nitrogens is 2. The standard InChI is InChI=1S/C64H45N3/c1-5-15-46(16-6-1)55-23-13-25-57(43-55)50-33-39-60(40-34-50)67(61-41-35-51(36-42-61)58-26-14-24-56(44-58)47-17-7-2-8-18-47)59-37-31-49(32-38-59)48-27-29-53(30-28-48)63-45-62(52-19-9-3-10-20-52)65-64(66-63)54-21-11-4-12-22-54/h1-45H. The summed E-state index contributed by atoms with van der Waals surface area (Å²) in [4.78, 5) is 12.4. The van der Waals surface area contributed by atoms with E-state index in [0.29, 0.717) is 5.82 Å². The largest absolute Gasteiger partial charge is 0.311 e. The van der Waals surface area contributed by atoms with Gasteiger partial charge in [-0.15, -0.1) is 0 Å². The van der Waals surface area contributed by atoms with Crippen LogP contribution in [0, 0.1) is 0 Å². The van der Waals surface area contributed by atoms with Crippen LogP contribution in [0.4, 0.5) is 17.1 Å². The zero-order valence-electron chi connectivity index (χ0n) is 36.8. The van der Waals surface area contributed by atoms with Crippen molar-refractivity contribution >= 4 is 17.1 Å². The molecule has 11 aromatic rings. The Morgan fingerprint density at radius 1 is 0.194 bits per heavy atom. The molecule has 0 aliphatic carbocycles. The summed E-state index contributed by atoms with van der Waals surface area (Å²) in [6.45, 7) is 0. The van der Waals surface area contributed by atoms with Crippen molar-refractivity contribution in [2.75, 3.05) is 4.90 Å². The van der Waals surface area contributed by atoms with Crippen molar-refractivity contribution in [1.82, 2.24) is 9.97 Å². The Balaban J connectivity index is 0.911. The molecule has 0 N–H and O–H groups in total. The Morgan fingerprint density at radius 2 is 0.448 bits per heavy atom. The molecule has 67 heavy (non-hydrogen) atoms. The molecule has 0 fully saturated rings. The van der Waals surface area contributed by atoms with Crippen LogP contribution in [0.1, 0.15) is 0 Å². The van der Waals surface area contributed by atoms with Crippen molar-refractivity contribution < 1.29 is 0 Å². The second kappa shape index (κ2) is 18.7. The topological polar surface area (TPSA) is 29.0 Å². The summed E-state index contributed by atoms with van der Waals surface area (Å²) in [6.07, 6.45) is 0. The summed E-state index contributed by atoms with van der Waals surface area (Å²) < 4.78 is 0. The molecule has 10 aromatic carbocycles. The third-order valence-corrected chi connectivity index (χ3v) is 12.3. The zero-order valence-corrected chi connectivity index (χ0v) is 36.8. The van der Waals surface area contributed by atoms with Crippen LogP contribution in [-0.4, -0.2) is 9.97 Å². The molecule has 11 rings (SSSR count). The molecule has 0 unspecified atom stereocenters. The Labute approximate surface area is 392 Å². The first-order valence-electron chi connectivity index (χ1n) is 22.7. The highest BCUT2D eigenvalue weighted by atomic mass is 15.1. The molecule has 0 radical (unpaired) electrons. The predicted octanol–water partition coefficient (Wildman–Crippen LogP) is 17.3. The Morgan fingerprint density at radius 3 is 0.821 bits per heavy atom. The number of nitrogens with zero attached hydrogens (tertiary/aromatic N) is 3. The number of hydrogen-bond acceptors (Lipinski definition) is 3. The van der Waals surface area contributed by atoms with E-state index in [4.69, 9.17) is 9.97 Å². The fourth-order valence-electron chi connectivity index (χ4n) is 8.78. The van der Waals surface area contributed by atoms with Crippen LogP contribution in [-0.2, 0) is 0 Å². The Hall–Kier alpha value is -8.92. The van der Waals surface area contributed by atoms with Gasteiger partial charge in [-0.1, -0.05) is 218 Å². The third-order valence-electron chi connectivity index (χ3n) is 12.3. The molecule has 3 nitrogen and oxygen atoms in total. The number of benzene rings is 10. The fraction of sp³-hybridized carbons (Fsp3) is 0. The molecule has 0 spiro atoms. The van der Waals surface area contributed by atoms with Crippen LogP contribution >= 0.6 is 0 Å². The van der Waals surface area contributed by atoms with Gasteiger partial charge in [0.1, 0.15) is 0 Å². The lowest BCUT2D eigenvalue weighted by atomic mass is 9.98. The summed E-state index contributed by atoms with van der Waals surface area (Å²) in [6, 6.07) is 96.7. The minimum Gasteiger partial charge on any atom is -0.311 e. The molecule has 316 valence electrons. The molecule has 0 saturated carbocycles. The summed E-state index contributed by atoms with van der Waals surface area (Å²) in [7, 11) is 0. The van der Waals surface area contributed by atoms with Crippen LogP contribution in [0.3, 0.4) is 0 Å². The molecular weight excluding hydrogens is 811 g/mol. The van der Waals surface area contributed by atoms with Gasteiger partial charge in [0.25, 0.3) is 0 Å². The van der Waals surface area contributed by atoms with Gasteiger partial charge in [0, 0.05) is 33.8 Å². The van der Waals surface area contributed by atoms with E-state index in [1.165, 1.54) is 44.5 Å². The summed E-state index contributed by atoms with van der Waals surface area (Å²) in [5.41, 5.74) is 19.9. The van der Waals surface area contributed by atoms with Gasteiger partial charge in [-0.25, -0.2) is 9.97 Å². The van der Waals surface area contributed by atoms with Crippen molar-refractivity contribution in [2.24, 2.45) is 0 Å². The lowest BCUT2D eigenvalue weighted by Gasteiger charge is -2.26. The van der Waals surface area contributed by atoms with Gasteiger partial charge in [-0.05, 0) is 110 Å². The number of hydrogen-bond donors (Lipinski definition) is 0. The SMILES string of the molecule is c1ccc(-c2cccc(-c3ccc(N(c4ccc(-c5ccc(-c6cc(-c7ccccc7)nc(-c7ccccc7)n6)cc5)cc4)c4ccc(-c5cccc(-c6ccccc6)c5)cc4)cc3)c2)cc1. The van der Waals surface area contributed by atoms with E-state index < -0.39 is 0 Å². The molecular formula is C64H45N3. The quantitative estimate of drug-likeness (QED) is 0.130. The van der Waals surface area contributed by atoms with Crippen molar-refractivity contribution in [2.45, 2.75) is 0 Å². The van der Waals surface area contributed by atoms with Crippen molar-refractivity contribution in [1.29, 1.82) is 0 Å². The molecule has 0 bridgehead atoms. The molecule has 0 atom stereocenters. The lowest BCUT2D eigenvalue weighted by molar-refractivity contribution is 1.18. The van der Waals surface area contributed by atoms with Crippen LogP contribution < -0.4 is 4.90 Å². The highest BCUT2D eigenvalue weighted by molar-refractivity contribution is 5.83. The highest BCUT2D eigenvalue weighted by Gasteiger charge is 2.16. The second-order valence-corrected chi connectivity index (χ2v) is 16.6. The average Bonchev–Trinajstić information content (AvgIpc) is 3.42. The van der Waals surface area contributed by atoms with Gasteiger partial charge in [0.2, 0.25) is 0 Å². The summed E-state index contributed by atoms with van der Waals surface area (Å²) in [5, 5.41) is 0. The van der Waals surface area contributed by atoms with Crippen molar-refractivity contribution in [3.63, 3.8) is 0 Å². The first-order chi connectivity index (χ1) is 33.2. The van der Waals surface area contributed by atoms with Gasteiger partial charge < -0.3 is 4.90 Å². The third kappa shape index (κ3) is 8.95. The molecule has 0 aliphatic heterocycles. The van der Waals surface area contributed by atoms with E-state index in [1.54, 1.807) is 0 Å². The van der Waals surface area contributed by atoms with Gasteiger partial charge in [0.15, 0.2) is 5.82 Å². The maximum absolute atomic E-state index is 5.05. The fourth-order valence-corrected chi connectivity index (χ4v) is 8.78. The maximum Gasteiger partial charge on any atom is 0.160 e. The van der Waals surface area contributed by atoms with E-state index in [9.17, 15) is 0 Å². The molecule has 3 heteroatoms. The van der Waals surface area contributed by atoms with E-state index in [-0.39, 0.29) is 0 Å². The lowest BCUT2D eigenvalue weighted by Crippen LogP contribution is -2.09. The zero-order chi connectivity index (χ0) is 44.8. The van der Waals surface area contributed by atoms with Crippen molar-refractivity contribution in [3.8, 4) is 89.5 Å². The Kier molecular flexibility index (Phi) is 11.4. The Bertz CT molecular complexity index is 3200. The molecule has 0 aliphatic rings. The van der Waals surface area contributed by atoms with Gasteiger partial charge in [0.05, 0.1) is 11.4 Å². The molecule has 0 amide bonds. The first kappa shape index (κ1) is 40.8. The van der Waals surface area contributed by atoms with Crippen LogP contribution in [0.25, 0.3) is 89.5 Å².